The highest BCUT2D eigenvalue weighted by Crippen LogP contribution is 2.39. The zero-order chi connectivity index (χ0) is 29.4. The third-order valence-corrected chi connectivity index (χ3v) is 8.77. The first-order valence-corrected chi connectivity index (χ1v) is 15.5. The predicted octanol–water partition coefficient (Wildman–Crippen LogP) is 8.57. The molecule has 0 atom stereocenters. The number of benzene rings is 1. The summed E-state index contributed by atoms with van der Waals surface area (Å²) in [6, 6.07) is 5.80. The van der Waals surface area contributed by atoms with E-state index >= 15 is 4.39 Å². The average molecular weight is 569 g/mol. The Morgan fingerprint density at radius 2 is 1.80 bits per heavy atom. The van der Waals surface area contributed by atoms with Crippen LogP contribution in [0.15, 0.2) is 64.6 Å². The fourth-order valence-corrected chi connectivity index (χ4v) is 6.12. The van der Waals surface area contributed by atoms with Gasteiger partial charge in [0, 0.05) is 59.7 Å². The Morgan fingerprint density at radius 3 is 2.35 bits per heavy atom. The van der Waals surface area contributed by atoms with Crippen molar-refractivity contribution in [3.63, 3.8) is 0 Å². The molecule has 3 aliphatic rings. The Bertz CT molecular complexity index is 1130. The van der Waals surface area contributed by atoms with Crippen LogP contribution in [0, 0.1) is 11.7 Å². The maximum atomic E-state index is 15.2. The van der Waals surface area contributed by atoms with Crippen molar-refractivity contribution < 1.29 is 4.39 Å². The lowest BCUT2D eigenvalue weighted by Gasteiger charge is -2.39. The second kappa shape index (κ2) is 15.0. The molecular formula is C34H50ClFN4. The Hall–Kier alpha value is -2.37. The molecule has 0 N–H and O–H groups in total. The Morgan fingerprint density at radius 1 is 1.15 bits per heavy atom. The summed E-state index contributed by atoms with van der Waals surface area (Å²) in [5.74, 6) is 1.10. The SMILES string of the molecule is C=C(C(=C(/C1CCN(C)CC1)N(C)C(C)C)/C(C)=C/C=N\C1=CCN1C1CCCC1)c1ccc(Cl)cc1F.CC. The summed E-state index contributed by atoms with van der Waals surface area (Å²) in [5, 5.41) is 0.388. The van der Waals surface area contributed by atoms with Gasteiger partial charge in [0.1, 0.15) is 11.6 Å². The molecular weight excluding hydrogens is 519 g/mol. The van der Waals surface area contributed by atoms with Gasteiger partial charge in [0.25, 0.3) is 0 Å². The van der Waals surface area contributed by atoms with Gasteiger partial charge in [0.15, 0.2) is 0 Å². The van der Waals surface area contributed by atoms with Crippen molar-refractivity contribution in [3.8, 4) is 0 Å². The molecule has 4 nitrogen and oxygen atoms in total. The van der Waals surface area contributed by atoms with E-state index in [0.29, 0.717) is 34.2 Å². The maximum Gasteiger partial charge on any atom is 0.132 e. The molecule has 1 aromatic carbocycles. The Labute approximate surface area is 248 Å². The fourth-order valence-electron chi connectivity index (χ4n) is 5.96. The summed E-state index contributed by atoms with van der Waals surface area (Å²) in [6.45, 7) is 18.1. The van der Waals surface area contributed by atoms with Gasteiger partial charge in [-0.1, -0.05) is 44.9 Å². The number of hydrogen-bond acceptors (Lipinski definition) is 4. The van der Waals surface area contributed by atoms with Crippen LogP contribution < -0.4 is 0 Å². The summed E-state index contributed by atoms with van der Waals surface area (Å²) in [5.41, 5.74) is 4.48. The van der Waals surface area contributed by atoms with Crippen molar-refractivity contribution in [2.75, 3.05) is 33.7 Å². The second-order valence-electron chi connectivity index (χ2n) is 11.4. The molecule has 0 bridgehead atoms. The lowest BCUT2D eigenvalue weighted by molar-refractivity contribution is 0.201. The molecule has 0 unspecified atom stereocenters. The van der Waals surface area contributed by atoms with E-state index in [0.717, 1.165) is 49.4 Å². The van der Waals surface area contributed by atoms with Crippen molar-refractivity contribution in [1.29, 1.82) is 0 Å². The van der Waals surface area contributed by atoms with Crippen LogP contribution in [0.2, 0.25) is 5.02 Å². The molecule has 0 amide bonds. The molecule has 0 aromatic heterocycles. The molecule has 2 fully saturated rings. The number of hydrogen-bond donors (Lipinski definition) is 0. The first kappa shape index (κ1) is 32.1. The monoisotopic (exact) mass is 568 g/mol. The van der Waals surface area contributed by atoms with Gasteiger partial charge in [-0.2, -0.15) is 0 Å². The Balaban J connectivity index is 0.00000216. The van der Waals surface area contributed by atoms with Crippen molar-refractivity contribution in [1.82, 2.24) is 14.7 Å². The van der Waals surface area contributed by atoms with Gasteiger partial charge in [0.2, 0.25) is 0 Å². The van der Waals surface area contributed by atoms with E-state index in [1.165, 1.54) is 37.4 Å². The molecule has 4 rings (SSSR count). The van der Waals surface area contributed by atoms with E-state index in [2.05, 4.69) is 68.3 Å². The number of likely N-dealkylation sites (tertiary alicyclic amines) is 1. The molecule has 2 aliphatic heterocycles. The standard InChI is InChI=1S/C32H44ClFN4.C2H6/c1-22(2)37(6)32(25-14-18-36(5)19-15-25)31(24(4)28-12-11-26(33)21-29(28)34)23(3)13-17-35-30-16-20-38(30)27-9-7-8-10-27;1-2/h11-13,16-17,21-22,25,27H,4,7-10,14-15,18-20H2,1-3,5-6H3;1-2H3/b23-13+,32-31-,35-17-;. The van der Waals surface area contributed by atoms with E-state index in [-0.39, 0.29) is 5.82 Å². The Kier molecular flexibility index (Phi) is 12.1. The van der Waals surface area contributed by atoms with Crippen LogP contribution >= 0.6 is 11.6 Å². The summed E-state index contributed by atoms with van der Waals surface area (Å²) in [7, 11) is 4.34. The number of piperidine rings is 1. The zero-order valence-electron chi connectivity index (χ0n) is 25.8. The van der Waals surface area contributed by atoms with Crippen LogP contribution in [0.1, 0.15) is 78.7 Å². The highest BCUT2D eigenvalue weighted by atomic mass is 35.5. The highest BCUT2D eigenvalue weighted by Gasteiger charge is 2.30. The van der Waals surface area contributed by atoms with Crippen LogP contribution in [-0.4, -0.2) is 66.7 Å². The zero-order valence-corrected chi connectivity index (χ0v) is 26.6. The molecule has 2 heterocycles. The third kappa shape index (κ3) is 7.67. The largest absolute Gasteiger partial charge is 0.375 e. The minimum absolute atomic E-state index is 0.295. The maximum absolute atomic E-state index is 15.2. The molecule has 0 radical (unpaired) electrons. The molecule has 1 aliphatic carbocycles. The van der Waals surface area contributed by atoms with E-state index in [1.54, 1.807) is 12.1 Å². The lowest BCUT2D eigenvalue weighted by Crippen LogP contribution is -2.38. The van der Waals surface area contributed by atoms with E-state index in [1.807, 2.05) is 20.1 Å². The number of aliphatic imine (C=N–C) groups is 1. The van der Waals surface area contributed by atoms with Gasteiger partial charge in [0.05, 0.1) is 0 Å². The van der Waals surface area contributed by atoms with Gasteiger partial charge in [-0.3, -0.25) is 0 Å². The van der Waals surface area contributed by atoms with Crippen molar-refractivity contribution >= 4 is 23.4 Å². The van der Waals surface area contributed by atoms with Crippen molar-refractivity contribution in [3.05, 3.63) is 76.0 Å². The van der Waals surface area contributed by atoms with Crippen LogP contribution in [0.4, 0.5) is 4.39 Å². The normalized spacial score (nSPS) is 19.8. The topological polar surface area (TPSA) is 22.1 Å². The third-order valence-electron chi connectivity index (χ3n) is 8.53. The molecule has 1 saturated carbocycles. The van der Waals surface area contributed by atoms with Crippen LogP contribution in [-0.2, 0) is 0 Å². The molecule has 1 saturated heterocycles. The summed E-state index contributed by atoms with van der Waals surface area (Å²) in [4.78, 5) is 12.0. The second-order valence-corrected chi connectivity index (χ2v) is 11.9. The van der Waals surface area contributed by atoms with Crippen LogP contribution in [0.5, 0.6) is 0 Å². The van der Waals surface area contributed by atoms with Gasteiger partial charge < -0.3 is 14.7 Å². The smallest absolute Gasteiger partial charge is 0.132 e. The minimum atomic E-state index is -0.344. The van der Waals surface area contributed by atoms with Gasteiger partial charge in [-0.15, -0.1) is 0 Å². The van der Waals surface area contributed by atoms with Gasteiger partial charge in [-0.05, 0) is 108 Å². The minimum Gasteiger partial charge on any atom is -0.375 e. The molecule has 220 valence electrons. The number of halogens is 2. The molecule has 1 aromatic rings. The summed E-state index contributed by atoms with van der Waals surface area (Å²) < 4.78 is 15.2. The number of allylic oxidation sites excluding steroid dienone is 5. The van der Waals surface area contributed by atoms with Crippen LogP contribution in [0.3, 0.4) is 0 Å². The molecule has 40 heavy (non-hydrogen) atoms. The quantitative estimate of drug-likeness (QED) is 0.220. The van der Waals surface area contributed by atoms with Gasteiger partial charge >= 0.3 is 0 Å². The first-order valence-electron chi connectivity index (χ1n) is 15.2. The number of nitrogens with zero attached hydrogens (tertiary/aromatic N) is 4. The lowest BCUT2D eigenvalue weighted by atomic mass is 9.83. The van der Waals surface area contributed by atoms with Gasteiger partial charge in [-0.25, -0.2) is 9.38 Å². The highest BCUT2D eigenvalue weighted by molar-refractivity contribution is 6.30. The van der Waals surface area contributed by atoms with E-state index in [9.17, 15) is 0 Å². The number of rotatable bonds is 9. The molecule has 0 spiro atoms. The average Bonchev–Trinajstić information content (AvgIpc) is 3.44. The fraction of sp³-hybridized carbons (Fsp3) is 0.559. The van der Waals surface area contributed by atoms with Crippen molar-refractivity contribution in [2.24, 2.45) is 10.9 Å². The van der Waals surface area contributed by atoms with E-state index in [4.69, 9.17) is 16.6 Å². The predicted molar refractivity (Wildman–Crippen MR) is 171 cm³/mol. The van der Waals surface area contributed by atoms with Crippen LogP contribution in [0.25, 0.3) is 5.57 Å². The first-order chi connectivity index (χ1) is 19.2. The summed E-state index contributed by atoms with van der Waals surface area (Å²) >= 11 is 6.10. The summed E-state index contributed by atoms with van der Waals surface area (Å²) in [6.07, 6.45) is 13.5. The molecule has 6 heteroatoms. The van der Waals surface area contributed by atoms with Crippen molar-refractivity contribution in [2.45, 2.75) is 85.2 Å². The van der Waals surface area contributed by atoms with E-state index < -0.39 is 0 Å².